The summed E-state index contributed by atoms with van der Waals surface area (Å²) in [6.45, 7) is 0. The fourth-order valence-corrected chi connectivity index (χ4v) is 1.98. The van der Waals surface area contributed by atoms with Gasteiger partial charge in [-0.1, -0.05) is 17.3 Å². The van der Waals surface area contributed by atoms with Crippen molar-refractivity contribution in [2.75, 3.05) is 0 Å². The Morgan fingerprint density at radius 2 is 1.73 bits per heavy atom. The summed E-state index contributed by atoms with van der Waals surface area (Å²) in [5.74, 6) is 0.113. The largest absolute Gasteiger partial charge is 0.508 e. The Balaban J connectivity index is 1.96. The number of halogens is 3. The molecule has 4 nitrogen and oxygen atoms in total. The average molecular weight is 305 g/mol. The molecule has 0 aliphatic rings. The number of phenols is 1. The lowest BCUT2D eigenvalue weighted by Gasteiger charge is -2.07. The van der Waals surface area contributed by atoms with Crippen molar-refractivity contribution in [1.82, 2.24) is 15.0 Å². The van der Waals surface area contributed by atoms with E-state index in [9.17, 15) is 18.3 Å². The molecule has 0 amide bonds. The lowest BCUT2D eigenvalue weighted by atomic mass is 10.1. The van der Waals surface area contributed by atoms with Crippen LogP contribution in [0, 0.1) is 0 Å². The van der Waals surface area contributed by atoms with Gasteiger partial charge < -0.3 is 5.11 Å². The second-order valence-corrected chi connectivity index (χ2v) is 4.64. The standard InChI is InChI=1S/C15H10F3N3O/c16-15(17,18)11-3-1-2-10(8-11)14-9-21(20-19-14)12-4-6-13(22)7-5-12/h1-9,22H. The minimum Gasteiger partial charge on any atom is -0.508 e. The zero-order valence-electron chi connectivity index (χ0n) is 11.1. The molecule has 7 heteroatoms. The number of alkyl halides is 3. The molecule has 2 aromatic carbocycles. The molecule has 0 saturated heterocycles. The molecule has 1 N–H and O–H groups in total. The number of rotatable bonds is 2. The Bertz CT molecular complexity index is 794. The summed E-state index contributed by atoms with van der Waals surface area (Å²) in [6, 6.07) is 11.1. The number of hydrogen-bond donors (Lipinski definition) is 1. The Kier molecular flexibility index (Phi) is 3.32. The molecule has 0 bridgehead atoms. The van der Waals surface area contributed by atoms with Crippen LogP contribution in [0.25, 0.3) is 16.9 Å². The fraction of sp³-hybridized carbons (Fsp3) is 0.0667. The zero-order valence-corrected chi connectivity index (χ0v) is 11.1. The first-order valence-corrected chi connectivity index (χ1v) is 6.33. The van der Waals surface area contributed by atoms with Crippen molar-refractivity contribution < 1.29 is 18.3 Å². The van der Waals surface area contributed by atoms with Crippen molar-refractivity contribution >= 4 is 0 Å². The lowest BCUT2D eigenvalue weighted by molar-refractivity contribution is -0.137. The van der Waals surface area contributed by atoms with Gasteiger partial charge in [0.2, 0.25) is 0 Å². The Morgan fingerprint density at radius 1 is 1.00 bits per heavy atom. The van der Waals surface area contributed by atoms with Gasteiger partial charge in [-0.25, -0.2) is 4.68 Å². The number of aromatic hydroxyl groups is 1. The quantitative estimate of drug-likeness (QED) is 0.786. The van der Waals surface area contributed by atoms with Gasteiger partial charge in [-0.15, -0.1) is 5.10 Å². The SMILES string of the molecule is Oc1ccc(-n2cc(-c3cccc(C(F)(F)F)c3)nn2)cc1. The number of phenolic OH excluding ortho intramolecular Hbond substituents is 1. The Morgan fingerprint density at radius 3 is 2.41 bits per heavy atom. The Labute approximate surface area is 123 Å². The van der Waals surface area contributed by atoms with E-state index in [4.69, 9.17) is 0 Å². The van der Waals surface area contributed by atoms with Crippen molar-refractivity contribution in [3.05, 3.63) is 60.3 Å². The van der Waals surface area contributed by atoms with E-state index in [0.29, 0.717) is 16.9 Å². The van der Waals surface area contributed by atoms with Crippen LogP contribution in [0.5, 0.6) is 5.75 Å². The molecule has 3 aromatic rings. The van der Waals surface area contributed by atoms with Crippen LogP contribution in [0.1, 0.15) is 5.56 Å². The molecule has 22 heavy (non-hydrogen) atoms. The van der Waals surface area contributed by atoms with Gasteiger partial charge in [0, 0.05) is 5.56 Å². The highest BCUT2D eigenvalue weighted by Crippen LogP contribution is 2.31. The van der Waals surface area contributed by atoms with E-state index in [-0.39, 0.29) is 5.75 Å². The summed E-state index contributed by atoms with van der Waals surface area (Å²) in [5, 5.41) is 17.0. The third-order valence-corrected chi connectivity index (χ3v) is 3.09. The first-order chi connectivity index (χ1) is 10.4. The van der Waals surface area contributed by atoms with E-state index in [0.717, 1.165) is 12.1 Å². The van der Waals surface area contributed by atoms with Gasteiger partial charge in [0.15, 0.2) is 0 Å². The van der Waals surface area contributed by atoms with Crippen LogP contribution >= 0.6 is 0 Å². The van der Waals surface area contributed by atoms with Gasteiger partial charge >= 0.3 is 6.18 Å². The van der Waals surface area contributed by atoms with E-state index in [1.807, 2.05) is 0 Å². The molecule has 0 fully saturated rings. The highest BCUT2D eigenvalue weighted by atomic mass is 19.4. The first kappa shape index (κ1) is 14.1. The van der Waals surface area contributed by atoms with Crippen LogP contribution in [0.3, 0.4) is 0 Å². The monoisotopic (exact) mass is 305 g/mol. The minimum absolute atomic E-state index is 0.113. The van der Waals surface area contributed by atoms with Crippen molar-refractivity contribution in [2.24, 2.45) is 0 Å². The summed E-state index contributed by atoms with van der Waals surface area (Å²) in [5.41, 5.74) is 0.576. The third kappa shape index (κ3) is 2.78. The summed E-state index contributed by atoms with van der Waals surface area (Å²) in [7, 11) is 0. The first-order valence-electron chi connectivity index (χ1n) is 6.33. The van der Waals surface area contributed by atoms with E-state index in [1.165, 1.54) is 29.1 Å². The van der Waals surface area contributed by atoms with Crippen molar-refractivity contribution in [3.8, 4) is 22.7 Å². The minimum atomic E-state index is -4.40. The summed E-state index contributed by atoms with van der Waals surface area (Å²) < 4.78 is 39.6. The molecule has 0 aliphatic heterocycles. The number of hydrogen-bond acceptors (Lipinski definition) is 3. The third-order valence-electron chi connectivity index (χ3n) is 3.09. The normalized spacial score (nSPS) is 11.6. The van der Waals surface area contributed by atoms with Gasteiger partial charge in [0.1, 0.15) is 11.4 Å². The summed E-state index contributed by atoms with van der Waals surface area (Å²) in [4.78, 5) is 0. The zero-order chi connectivity index (χ0) is 15.7. The van der Waals surface area contributed by atoms with Crippen molar-refractivity contribution in [3.63, 3.8) is 0 Å². The predicted molar refractivity (Wildman–Crippen MR) is 73.5 cm³/mol. The van der Waals surface area contributed by atoms with Crippen LogP contribution in [0.15, 0.2) is 54.7 Å². The van der Waals surface area contributed by atoms with Gasteiger partial charge in [0.25, 0.3) is 0 Å². The molecular formula is C15H10F3N3O. The maximum Gasteiger partial charge on any atom is 0.416 e. The molecule has 0 atom stereocenters. The summed E-state index contributed by atoms with van der Waals surface area (Å²) >= 11 is 0. The maximum absolute atomic E-state index is 12.7. The van der Waals surface area contributed by atoms with Gasteiger partial charge in [-0.2, -0.15) is 13.2 Å². The molecule has 0 radical (unpaired) electrons. The van der Waals surface area contributed by atoms with E-state index >= 15 is 0 Å². The van der Waals surface area contributed by atoms with Crippen molar-refractivity contribution in [1.29, 1.82) is 0 Å². The summed E-state index contributed by atoms with van der Waals surface area (Å²) in [6.07, 6.45) is -2.87. The Hall–Kier alpha value is -2.83. The topological polar surface area (TPSA) is 50.9 Å². The maximum atomic E-state index is 12.7. The van der Waals surface area contributed by atoms with Gasteiger partial charge in [-0.05, 0) is 36.4 Å². The number of aromatic nitrogens is 3. The van der Waals surface area contributed by atoms with Crippen molar-refractivity contribution in [2.45, 2.75) is 6.18 Å². The average Bonchev–Trinajstić information content (AvgIpc) is 2.97. The van der Waals surface area contributed by atoms with Gasteiger partial charge in [0.05, 0.1) is 17.4 Å². The molecule has 0 saturated carbocycles. The molecule has 1 heterocycles. The van der Waals surface area contributed by atoms with Crippen LogP contribution in [0.2, 0.25) is 0 Å². The predicted octanol–water partition coefficient (Wildman–Crippen LogP) is 3.66. The van der Waals surface area contributed by atoms with Crippen LogP contribution in [-0.2, 0) is 6.18 Å². The second kappa shape index (κ2) is 5.18. The second-order valence-electron chi connectivity index (χ2n) is 4.64. The molecule has 0 unspecified atom stereocenters. The molecule has 0 spiro atoms. The molecule has 3 rings (SSSR count). The number of nitrogens with zero attached hydrogens (tertiary/aromatic N) is 3. The van der Waals surface area contributed by atoms with Crippen LogP contribution in [0.4, 0.5) is 13.2 Å². The van der Waals surface area contributed by atoms with E-state index in [2.05, 4.69) is 10.3 Å². The smallest absolute Gasteiger partial charge is 0.416 e. The van der Waals surface area contributed by atoms with Crippen LogP contribution in [-0.4, -0.2) is 20.1 Å². The van der Waals surface area contributed by atoms with Gasteiger partial charge in [-0.3, -0.25) is 0 Å². The molecule has 1 aromatic heterocycles. The van der Waals surface area contributed by atoms with E-state index in [1.54, 1.807) is 18.2 Å². The fourth-order valence-electron chi connectivity index (χ4n) is 1.98. The highest BCUT2D eigenvalue weighted by Gasteiger charge is 2.30. The van der Waals surface area contributed by atoms with E-state index < -0.39 is 11.7 Å². The molecule has 0 aliphatic carbocycles. The van der Waals surface area contributed by atoms with Crippen LogP contribution < -0.4 is 0 Å². The molecular weight excluding hydrogens is 295 g/mol. The lowest BCUT2D eigenvalue weighted by Crippen LogP contribution is -2.04. The highest BCUT2D eigenvalue weighted by molar-refractivity contribution is 5.59. The molecule has 112 valence electrons. The number of benzene rings is 2.